The molecule has 0 radical (unpaired) electrons. The zero-order chi connectivity index (χ0) is 39.3. The maximum absolute atomic E-state index is 13.9. The maximum Gasteiger partial charge on any atom is 0.350 e. The number of halogens is 1. The number of hydrogen-bond acceptors (Lipinski definition) is 10. The molecule has 57 heavy (non-hydrogen) atoms. The average molecular weight is 781 g/mol. The van der Waals surface area contributed by atoms with Crippen molar-refractivity contribution >= 4 is 16.9 Å². The lowest BCUT2D eigenvalue weighted by Crippen LogP contribution is -2.48. The van der Waals surface area contributed by atoms with Crippen molar-refractivity contribution in [3.8, 4) is 0 Å². The zero-order valence-electron chi connectivity index (χ0n) is 31.3. The van der Waals surface area contributed by atoms with Gasteiger partial charge in [0.05, 0.1) is 31.5 Å². The second kappa shape index (κ2) is 17.2. The summed E-state index contributed by atoms with van der Waals surface area (Å²) < 4.78 is 32.4. The molecular weight excluding hydrogens is 736 g/mol. The Bertz CT molecular complexity index is 2590. The van der Waals surface area contributed by atoms with Gasteiger partial charge in [0.25, 0.3) is 0 Å². The Morgan fingerprint density at radius 1 is 0.789 bits per heavy atom. The molecule has 2 N–H and O–H groups in total. The van der Waals surface area contributed by atoms with Crippen molar-refractivity contribution in [2.24, 2.45) is 0 Å². The second-order valence-electron chi connectivity index (χ2n) is 14.6. The molecule has 0 saturated carbocycles. The molecule has 3 aliphatic heterocycles. The summed E-state index contributed by atoms with van der Waals surface area (Å²) in [5.41, 5.74) is 2.09. The van der Waals surface area contributed by atoms with Gasteiger partial charge in [-0.3, -0.25) is 18.1 Å². The number of aliphatic hydroxyl groups is 1. The van der Waals surface area contributed by atoms with E-state index >= 15 is 0 Å². The van der Waals surface area contributed by atoms with Crippen LogP contribution in [-0.4, -0.2) is 96.5 Å². The molecule has 0 amide bonds. The van der Waals surface area contributed by atoms with Crippen LogP contribution in [0.5, 0.6) is 0 Å². The average Bonchev–Trinajstić information content (AvgIpc) is 3.72. The minimum absolute atomic E-state index is 0.0775. The minimum Gasteiger partial charge on any atom is -0.392 e. The fourth-order valence-electron chi connectivity index (χ4n) is 7.67. The summed E-state index contributed by atoms with van der Waals surface area (Å²) in [5, 5.41) is 25.3. The summed E-state index contributed by atoms with van der Waals surface area (Å²) in [4.78, 5) is 37.4. The van der Waals surface area contributed by atoms with Crippen LogP contribution in [0.15, 0.2) is 112 Å². The van der Waals surface area contributed by atoms with E-state index in [-0.39, 0.29) is 29.0 Å². The normalized spacial score (nSPS) is 20.6. The predicted molar refractivity (Wildman–Crippen MR) is 207 cm³/mol. The third-order valence-electron chi connectivity index (χ3n) is 10.7. The van der Waals surface area contributed by atoms with Crippen molar-refractivity contribution in [1.29, 1.82) is 0 Å². The van der Waals surface area contributed by atoms with Crippen LogP contribution in [0.4, 0.5) is 4.39 Å². The van der Waals surface area contributed by atoms with Crippen molar-refractivity contribution in [1.82, 2.24) is 47.9 Å². The third kappa shape index (κ3) is 8.96. The van der Waals surface area contributed by atoms with E-state index in [1.807, 2.05) is 36.4 Å². The summed E-state index contributed by atoms with van der Waals surface area (Å²) in [6.45, 7) is 2.73. The van der Waals surface area contributed by atoms with Gasteiger partial charge in [0.2, 0.25) is 0 Å². The van der Waals surface area contributed by atoms with Crippen LogP contribution in [-0.2, 0) is 29.2 Å². The lowest BCUT2D eigenvalue weighted by molar-refractivity contribution is -0.0402. The monoisotopic (exact) mass is 780 g/mol. The van der Waals surface area contributed by atoms with Gasteiger partial charge in [0.15, 0.2) is 16.9 Å². The van der Waals surface area contributed by atoms with Gasteiger partial charge in [-0.05, 0) is 81.0 Å². The SMILES string of the molecule is O=c1[nH]nc2ccccn12.O=c1n(CC[C@H](O)CN2C3CCC2CC(OCc2ccccc2F)C3)nc2ccccn12.O=c1n(CC[C@H]2CO2)nc2ccccn12. The quantitative estimate of drug-likeness (QED) is 0.186. The molecule has 3 saturated heterocycles. The molecule has 9 heterocycles. The number of pyridine rings is 3. The van der Waals surface area contributed by atoms with Crippen molar-refractivity contribution < 1.29 is 19.0 Å². The Balaban J connectivity index is 0.000000148. The number of aromatic nitrogens is 9. The Kier molecular flexibility index (Phi) is 11.5. The van der Waals surface area contributed by atoms with Gasteiger partial charge < -0.3 is 14.6 Å². The fraction of sp³-hybridized carbons (Fsp3) is 0.400. The molecule has 1 aromatic carbocycles. The van der Waals surface area contributed by atoms with Crippen molar-refractivity contribution in [2.75, 3.05) is 13.2 Å². The highest BCUT2D eigenvalue weighted by molar-refractivity contribution is 5.36. The first-order valence-electron chi connectivity index (χ1n) is 19.3. The van der Waals surface area contributed by atoms with E-state index in [0.717, 1.165) is 38.7 Å². The van der Waals surface area contributed by atoms with Gasteiger partial charge in [-0.25, -0.2) is 33.2 Å². The molecular formula is C40H45FN10O6. The molecule has 6 aromatic heterocycles. The standard InChI is InChI=1S/C24H29FN4O3.C10H11N3O2.C6H5N3O/c25-22-6-2-1-5-17(22)16-32-21-13-18-8-9-19(14-21)28(18)15-20(30)10-12-29-24(31)27-11-4-3-7-23(27)26-29;14-10-12-5-2-1-3-9(12)11-13(10)6-4-8-7-15-8;10-6-8-7-5-3-1-2-4-9(5)6/h1-7,11,18-21,30H,8-10,12-16H2;1-3,5,8H,4,6-7H2;1-4H,(H,8,10)/t18?,19?,20-,21?;8-;/m00./s1. The lowest BCUT2D eigenvalue weighted by Gasteiger charge is -2.39. The summed E-state index contributed by atoms with van der Waals surface area (Å²) in [6, 6.07) is 23.8. The molecule has 3 aliphatic rings. The van der Waals surface area contributed by atoms with E-state index < -0.39 is 6.10 Å². The van der Waals surface area contributed by atoms with Crippen LogP contribution in [0.2, 0.25) is 0 Å². The van der Waals surface area contributed by atoms with Crippen molar-refractivity contribution in [3.63, 3.8) is 0 Å². The zero-order valence-corrected chi connectivity index (χ0v) is 31.3. The van der Waals surface area contributed by atoms with Crippen LogP contribution >= 0.6 is 0 Å². The number of epoxide rings is 1. The summed E-state index contributed by atoms with van der Waals surface area (Å²) in [6.07, 6.45) is 10.4. The molecule has 0 spiro atoms. The molecule has 3 fully saturated rings. The minimum atomic E-state index is -0.523. The molecule has 2 unspecified atom stereocenters. The van der Waals surface area contributed by atoms with Gasteiger partial charge in [-0.1, -0.05) is 36.4 Å². The summed E-state index contributed by atoms with van der Waals surface area (Å²) >= 11 is 0. The van der Waals surface area contributed by atoms with E-state index in [0.29, 0.717) is 73.4 Å². The maximum atomic E-state index is 13.9. The molecule has 17 heteroatoms. The highest BCUT2D eigenvalue weighted by Crippen LogP contribution is 2.37. The Morgan fingerprint density at radius 3 is 1.96 bits per heavy atom. The van der Waals surface area contributed by atoms with Crippen molar-refractivity contribution in [2.45, 2.75) is 88.6 Å². The first-order valence-corrected chi connectivity index (χ1v) is 19.3. The van der Waals surface area contributed by atoms with Gasteiger partial charge in [-0.15, -0.1) is 10.2 Å². The van der Waals surface area contributed by atoms with Gasteiger partial charge in [0.1, 0.15) is 5.82 Å². The Labute approximate surface area is 325 Å². The number of benzene rings is 1. The van der Waals surface area contributed by atoms with Crippen LogP contribution in [0.1, 0.15) is 44.1 Å². The van der Waals surface area contributed by atoms with Gasteiger partial charge in [0, 0.05) is 55.9 Å². The van der Waals surface area contributed by atoms with Crippen LogP contribution in [0.25, 0.3) is 16.9 Å². The molecule has 7 aromatic rings. The molecule has 0 aliphatic carbocycles. The van der Waals surface area contributed by atoms with E-state index in [1.165, 1.54) is 24.2 Å². The molecule has 2 bridgehead atoms. The van der Waals surface area contributed by atoms with Crippen LogP contribution < -0.4 is 17.1 Å². The highest BCUT2D eigenvalue weighted by Gasteiger charge is 2.41. The highest BCUT2D eigenvalue weighted by atomic mass is 19.1. The topological polar surface area (TPSA) is 174 Å². The third-order valence-corrected chi connectivity index (χ3v) is 10.7. The first kappa shape index (κ1) is 38.1. The number of aryl methyl sites for hydroxylation is 2. The summed E-state index contributed by atoms with van der Waals surface area (Å²) in [7, 11) is 0. The molecule has 16 nitrogen and oxygen atoms in total. The number of nitrogens with zero attached hydrogens (tertiary/aromatic N) is 9. The van der Waals surface area contributed by atoms with Gasteiger partial charge in [-0.2, -0.15) is 5.10 Å². The largest absolute Gasteiger partial charge is 0.392 e. The number of nitrogens with one attached hydrogen (secondary N) is 1. The van der Waals surface area contributed by atoms with Crippen LogP contribution in [0.3, 0.4) is 0 Å². The van der Waals surface area contributed by atoms with Gasteiger partial charge >= 0.3 is 17.1 Å². The molecule has 4 atom stereocenters. The number of aliphatic hydroxyl groups excluding tert-OH is 1. The predicted octanol–water partition coefficient (Wildman–Crippen LogP) is 2.91. The van der Waals surface area contributed by atoms with E-state index in [1.54, 1.807) is 59.4 Å². The Hall–Kier alpha value is -5.75. The number of piperidine rings is 1. The number of hydrogen-bond donors (Lipinski definition) is 2. The second-order valence-corrected chi connectivity index (χ2v) is 14.6. The van der Waals surface area contributed by atoms with E-state index in [4.69, 9.17) is 9.47 Å². The molecule has 298 valence electrons. The smallest absolute Gasteiger partial charge is 0.350 e. The number of H-pyrrole nitrogens is 1. The molecule has 10 rings (SSSR count). The number of fused-ring (bicyclic) bond motifs is 5. The van der Waals surface area contributed by atoms with Crippen LogP contribution in [0, 0.1) is 5.82 Å². The van der Waals surface area contributed by atoms with E-state index in [2.05, 4.69) is 25.3 Å². The van der Waals surface area contributed by atoms with E-state index in [9.17, 15) is 23.9 Å². The summed E-state index contributed by atoms with van der Waals surface area (Å²) in [5.74, 6) is -0.222. The lowest BCUT2D eigenvalue weighted by atomic mass is 9.98. The fourth-order valence-corrected chi connectivity index (χ4v) is 7.67. The van der Waals surface area contributed by atoms with Crippen molar-refractivity contribution in [3.05, 3.63) is 140 Å². The number of aromatic amines is 1. The first-order chi connectivity index (χ1) is 27.8. The Morgan fingerprint density at radius 2 is 1.37 bits per heavy atom. The number of rotatable bonds is 11. The number of ether oxygens (including phenoxy) is 2.